The first kappa shape index (κ1) is 13.4. The van der Waals surface area contributed by atoms with Gasteiger partial charge >= 0.3 is 5.91 Å². The Hall–Kier alpha value is -2.60. The summed E-state index contributed by atoms with van der Waals surface area (Å²) in [6.45, 7) is 1.81. The molecule has 0 aliphatic heterocycles. The molecule has 2 N–H and O–H groups in total. The molecule has 0 bridgehead atoms. The van der Waals surface area contributed by atoms with E-state index in [0.717, 1.165) is 10.9 Å². The van der Waals surface area contributed by atoms with Crippen LogP contribution in [0.5, 0.6) is 0 Å². The Morgan fingerprint density at radius 3 is 2.57 bits per heavy atom. The summed E-state index contributed by atoms with van der Waals surface area (Å²) in [7, 11) is 0. The molecule has 3 rings (SSSR count). The van der Waals surface area contributed by atoms with Crippen LogP contribution in [0.25, 0.3) is 11.0 Å². The quantitative estimate of drug-likeness (QED) is 0.715. The zero-order chi connectivity index (χ0) is 14.8. The van der Waals surface area contributed by atoms with Crippen molar-refractivity contribution >= 4 is 34.1 Å². The number of para-hydroxylation sites is 1. The Kier molecular flexibility index (Phi) is 3.45. The number of carbonyl (C=O) groups excluding carboxylic acids is 2. The molecule has 0 saturated carbocycles. The Morgan fingerprint density at radius 2 is 1.86 bits per heavy atom. The molecule has 6 heteroatoms. The number of fused-ring (bicyclic) bond motifs is 1. The average molecular weight is 300 g/mol. The average Bonchev–Trinajstić information content (AvgIpc) is 3.13. The SMILES string of the molecule is Cc1c(C(=O)NNC(=O)c2ccsc2)oc2ccccc12. The number of carbonyl (C=O) groups is 2. The lowest BCUT2D eigenvalue weighted by Crippen LogP contribution is -2.41. The molecule has 2 aromatic heterocycles. The van der Waals surface area contributed by atoms with Crippen molar-refractivity contribution in [2.75, 3.05) is 0 Å². The molecule has 1 aromatic carbocycles. The predicted molar refractivity (Wildman–Crippen MR) is 80.2 cm³/mol. The molecule has 2 heterocycles. The van der Waals surface area contributed by atoms with Crippen LogP contribution in [0.1, 0.15) is 26.5 Å². The monoisotopic (exact) mass is 300 g/mol. The summed E-state index contributed by atoms with van der Waals surface area (Å²) in [5.41, 5.74) is 6.61. The number of benzene rings is 1. The van der Waals surface area contributed by atoms with Crippen LogP contribution in [0.4, 0.5) is 0 Å². The third kappa shape index (κ3) is 2.53. The van der Waals surface area contributed by atoms with E-state index >= 15 is 0 Å². The van der Waals surface area contributed by atoms with Crippen LogP contribution in [0.15, 0.2) is 45.5 Å². The van der Waals surface area contributed by atoms with Gasteiger partial charge in [-0.05, 0) is 24.4 Å². The van der Waals surface area contributed by atoms with Gasteiger partial charge in [-0.3, -0.25) is 20.4 Å². The van der Waals surface area contributed by atoms with Gasteiger partial charge in [0.15, 0.2) is 5.76 Å². The molecular weight excluding hydrogens is 288 g/mol. The number of aryl methyl sites for hydroxylation is 1. The fourth-order valence-corrected chi connectivity index (χ4v) is 2.66. The van der Waals surface area contributed by atoms with Gasteiger partial charge in [-0.1, -0.05) is 18.2 Å². The predicted octanol–water partition coefficient (Wildman–Crippen LogP) is 2.88. The number of hydrogen-bond donors (Lipinski definition) is 2. The van der Waals surface area contributed by atoms with Crippen molar-refractivity contribution in [2.24, 2.45) is 0 Å². The first-order chi connectivity index (χ1) is 10.2. The van der Waals surface area contributed by atoms with E-state index in [4.69, 9.17) is 4.42 Å². The topological polar surface area (TPSA) is 71.3 Å². The molecule has 0 aliphatic carbocycles. The van der Waals surface area contributed by atoms with Crippen molar-refractivity contribution in [2.45, 2.75) is 6.92 Å². The normalized spacial score (nSPS) is 10.5. The number of nitrogens with one attached hydrogen (secondary N) is 2. The molecule has 2 amide bonds. The number of thiophene rings is 1. The summed E-state index contributed by atoms with van der Waals surface area (Å²) >= 11 is 1.41. The molecule has 106 valence electrons. The van der Waals surface area contributed by atoms with Crippen LogP contribution < -0.4 is 10.9 Å². The molecule has 21 heavy (non-hydrogen) atoms. The van der Waals surface area contributed by atoms with E-state index in [2.05, 4.69) is 10.9 Å². The van der Waals surface area contributed by atoms with Gasteiger partial charge in [0.2, 0.25) is 0 Å². The van der Waals surface area contributed by atoms with Crippen molar-refractivity contribution in [1.29, 1.82) is 0 Å². The van der Waals surface area contributed by atoms with Gasteiger partial charge in [0.25, 0.3) is 5.91 Å². The van der Waals surface area contributed by atoms with E-state index < -0.39 is 5.91 Å². The highest BCUT2D eigenvalue weighted by atomic mass is 32.1. The first-order valence-corrected chi connectivity index (χ1v) is 7.22. The summed E-state index contributed by atoms with van der Waals surface area (Å²) in [4.78, 5) is 23.8. The highest BCUT2D eigenvalue weighted by Gasteiger charge is 2.18. The van der Waals surface area contributed by atoms with Crippen LogP contribution in [0, 0.1) is 6.92 Å². The van der Waals surface area contributed by atoms with Crippen LogP contribution in [-0.4, -0.2) is 11.8 Å². The van der Waals surface area contributed by atoms with Gasteiger partial charge in [-0.15, -0.1) is 0 Å². The fraction of sp³-hybridized carbons (Fsp3) is 0.0667. The summed E-state index contributed by atoms with van der Waals surface area (Å²) in [6, 6.07) is 9.08. The van der Waals surface area contributed by atoms with Crippen LogP contribution in [0.3, 0.4) is 0 Å². The van der Waals surface area contributed by atoms with Crippen molar-refractivity contribution in [3.63, 3.8) is 0 Å². The molecule has 0 fully saturated rings. The Bertz CT molecular complexity index is 806. The van der Waals surface area contributed by atoms with Gasteiger partial charge in [-0.25, -0.2) is 0 Å². The maximum absolute atomic E-state index is 12.1. The van der Waals surface area contributed by atoms with E-state index in [9.17, 15) is 9.59 Å². The second kappa shape index (κ2) is 5.41. The summed E-state index contributed by atoms with van der Waals surface area (Å²) in [5, 5.41) is 4.38. The molecule has 0 aliphatic rings. The van der Waals surface area contributed by atoms with E-state index in [1.807, 2.05) is 18.2 Å². The van der Waals surface area contributed by atoms with Gasteiger partial charge < -0.3 is 4.42 Å². The maximum Gasteiger partial charge on any atom is 0.305 e. The van der Waals surface area contributed by atoms with Crippen molar-refractivity contribution < 1.29 is 14.0 Å². The molecule has 0 radical (unpaired) electrons. The smallest absolute Gasteiger partial charge is 0.305 e. The van der Waals surface area contributed by atoms with Gasteiger partial charge in [0.1, 0.15) is 5.58 Å². The zero-order valence-electron chi connectivity index (χ0n) is 11.2. The molecule has 0 saturated heterocycles. The second-order valence-electron chi connectivity index (χ2n) is 4.47. The van der Waals surface area contributed by atoms with E-state index in [1.165, 1.54) is 11.3 Å². The Labute approximate surface area is 124 Å². The number of rotatable bonds is 2. The fourth-order valence-electron chi connectivity index (χ4n) is 2.03. The Balaban J connectivity index is 1.75. The third-order valence-corrected chi connectivity index (χ3v) is 3.81. The molecule has 3 aromatic rings. The van der Waals surface area contributed by atoms with Crippen LogP contribution >= 0.6 is 11.3 Å². The van der Waals surface area contributed by atoms with Crippen molar-refractivity contribution in [3.05, 3.63) is 58.0 Å². The largest absolute Gasteiger partial charge is 0.451 e. The van der Waals surface area contributed by atoms with E-state index in [0.29, 0.717) is 11.1 Å². The Morgan fingerprint density at radius 1 is 1.10 bits per heavy atom. The van der Waals surface area contributed by atoms with Crippen molar-refractivity contribution in [3.8, 4) is 0 Å². The second-order valence-corrected chi connectivity index (χ2v) is 5.25. The standard InChI is InChI=1S/C15H12N2O3S/c1-9-11-4-2-3-5-12(11)20-13(9)15(19)17-16-14(18)10-6-7-21-8-10/h2-8H,1H3,(H,16,18)(H,17,19). The minimum atomic E-state index is -0.479. The summed E-state index contributed by atoms with van der Waals surface area (Å²) < 4.78 is 5.52. The first-order valence-electron chi connectivity index (χ1n) is 6.28. The lowest BCUT2D eigenvalue weighted by atomic mass is 10.1. The number of furan rings is 1. The lowest BCUT2D eigenvalue weighted by molar-refractivity contribution is 0.0832. The summed E-state index contributed by atoms with van der Waals surface area (Å²) in [6.07, 6.45) is 0. The molecule has 0 unspecified atom stereocenters. The highest BCUT2D eigenvalue weighted by Crippen LogP contribution is 2.24. The van der Waals surface area contributed by atoms with E-state index in [-0.39, 0.29) is 11.7 Å². The minimum Gasteiger partial charge on any atom is -0.451 e. The highest BCUT2D eigenvalue weighted by molar-refractivity contribution is 7.08. The molecule has 5 nitrogen and oxygen atoms in total. The maximum atomic E-state index is 12.1. The van der Waals surface area contributed by atoms with Gasteiger partial charge in [0.05, 0.1) is 5.56 Å². The molecule has 0 spiro atoms. The zero-order valence-corrected chi connectivity index (χ0v) is 12.0. The number of hydrazine groups is 1. The number of hydrogen-bond acceptors (Lipinski definition) is 4. The molecule has 0 atom stereocenters. The van der Waals surface area contributed by atoms with Crippen LogP contribution in [-0.2, 0) is 0 Å². The van der Waals surface area contributed by atoms with Crippen LogP contribution in [0.2, 0.25) is 0 Å². The summed E-state index contributed by atoms with van der Waals surface area (Å²) in [5.74, 6) is -0.646. The van der Waals surface area contributed by atoms with Crippen molar-refractivity contribution in [1.82, 2.24) is 10.9 Å². The van der Waals surface area contributed by atoms with Gasteiger partial charge in [0, 0.05) is 16.3 Å². The molecular formula is C15H12N2O3S. The minimum absolute atomic E-state index is 0.196. The van der Waals surface area contributed by atoms with Gasteiger partial charge in [-0.2, -0.15) is 11.3 Å². The third-order valence-electron chi connectivity index (χ3n) is 3.12. The number of amides is 2. The lowest BCUT2D eigenvalue weighted by Gasteiger charge is -2.04. The van der Waals surface area contributed by atoms with E-state index in [1.54, 1.807) is 29.8 Å².